The highest BCUT2D eigenvalue weighted by molar-refractivity contribution is 7.89. The minimum atomic E-state index is -3.57. The van der Waals surface area contributed by atoms with Crippen LogP contribution in [0.2, 0.25) is 0 Å². The number of hydrogen-bond acceptors (Lipinski definition) is 4. The van der Waals surface area contributed by atoms with Gasteiger partial charge in [-0.25, -0.2) is 13.1 Å². The van der Waals surface area contributed by atoms with E-state index >= 15 is 0 Å². The molecule has 8 heteroatoms. The zero-order valence-electron chi connectivity index (χ0n) is 14.8. The van der Waals surface area contributed by atoms with E-state index in [9.17, 15) is 13.2 Å². The van der Waals surface area contributed by atoms with E-state index in [4.69, 9.17) is 0 Å². The molecule has 1 aliphatic heterocycles. The van der Waals surface area contributed by atoms with Crippen molar-refractivity contribution < 1.29 is 13.2 Å². The van der Waals surface area contributed by atoms with E-state index in [1.165, 1.54) is 0 Å². The summed E-state index contributed by atoms with van der Waals surface area (Å²) in [5, 5.41) is 4.22. The van der Waals surface area contributed by atoms with Crippen LogP contribution in [0.1, 0.15) is 38.6 Å². The number of carbonyl (C=O) groups excluding carboxylic acids is 1. The second kappa shape index (κ2) is 8.01. The monoisotopic (exact) mass is 376 g/mol. The van der Waals surface area contributed by atoms with E-state index in [1.54, 1.807) is 35.4 Å². The molecule has 1 amide bonds. The summed E-state index contributed by atoms with van der Waals surface area (Å²) in [6.07, 6.45) is 6.55. The van der Waals surface area contributed by atoms with E-state index in [0.717, 1.165) is 18.5 Å². The van der Waals surface area contributed by atoms with Crippen molar-refractivity contribution in [2.45, 2.75) is 43.5 Å². The highest BCUT2D eigenvalue weighted by Crippen LogP contribution is 2.23. The first-order valence-electron chi connectivity index (χ1n) is 8.90. The molecule has 1 unspecified atom stereocenters. The molecule has 1 saturated heterocycles. The number of amides is 1. The highest BCUT2D eigenvalue weighted by atomic mass is 32.2. The smallest absolute Gasteiger partial charge is 0.240 e. The Morgan fingerprint density at radius 2 is 2.04 bits per heavy atom. The largest absolute Gasteiger partial charge is 0.312 e. The molecule has 1 fully saturated rings. The fraction of sp³-hybridized carbons (Fsp3) is 0.444. The molecular formula is C18H24N4O3S. The Bertz CT molecular complexity index is 832. The van der Waals surface area contributed by atoms with E-state index in [1.807, 2.05) is 16.9 Å². The average Bonchev–Trinajstić information content (AvgIpc) is 3.30. The molecular weight excluding hydrogens is 352 g/mol. The Morgan fingerprint density at radius 3 is 2.62 bits per heavy atom. The van der Waals surface area contributed by atoms with Crippen molar-refractivity contribution in [2.24, 2.45) is 0 Å². The van der Waals surface area contributed by atoms with Gasteiger partial charge in [0.25, 0.3) is 0 Å². The maximum atomic E-state index is 12.5. The van der Waals surface area contributed by atoms with Crippen LogP contribution < -0.4 is 9.62 Å². The van der Waals surface area contributed by atoms with Gasteiger partial charge in [-0.1, -0.05) is 6.92 Å². The summed E-state index contributed by atoms with van der Waals surface area (Å²) in [6.45, 7) is 3.08. The van der Waals surface area contributed by atoms with Gasteiger partial charge in [-0.2, -0.15) is 5.10 Å². The lowest BCUT2D eigenvalue weighted by Crippen LogP contribution is -2.27. The van der Waals surface area contributed by atoms with Crippen molar-refractivity contribution in [3.05, 3.63) is 42.7 Å². The Labute approximate surface area is 154 Å². The summed E-state index contributed by atoms with van der Waals surface area (Å²) < 4.78 is 29.5. The first-order chi connectivity index (χ1) is 12.5. The van der Waals surface area contributed by atoms with Gasteiger partial charge in [0.1, 0.15) is 0 Å². The molecule has 26 heavy (non-hydrogen) atoms. The van der Waals surface area contributed by atoms with Crippen molar-refractivity contribution in [1.82, 2.24) is 14.5 Å². The highest BCUT2D eigenvalue weighted by Gasteiger charge is 2.22. The van der Waals surface area contributed by atoms with Crippen molar-refractivity contribution in [3.63, 3.8) is 0 Å². The van der Waals surface area contributed by atoms with Crippen molar-refractivity contribution >= 4 is 21.6 Å². The van der Waals surface area contributed by atoms with Crippen LogP contribution in [-0.4, -0.2) is 37.2 Å². The van der Waals surface area contributed by atoms with E-state index in [2.05, 4.69) is 16.7 Å². The lowest BCUT2D eigenvalue weighted by atomic mass is 10.1. The molecule has 140 valence electrons. The van der Waals surface area contributed by atoms with Gasteiger partial charge in [0.15, 0.2) is 0 Å². The van der Waals surface area contributed by atoms with Gasteiger partial charge >= 0.3 is 0 Å². The molecule has 0 bridgehead atoms. The number of anilines is 1. The molecule has 0 spiro atoms. The average molecular weight is 376 g/mol. The lowest BCUT2D eigenvalue weighted by molar-refractivity contribution is -0.117. The SMILES string of the molecule is CCC(CCNS(=O)(=O)c1ccc(N2CCCC2=O)cc1)n1cccn1. The van der Waals surface area contributed by atoms with Gasteiger partial charge in [0, 0.05) is 37.6 Å². The third kappa shape index (κ3) is 4.13. The second-order valence-corrected chi connectivity index (χ2v) is 8.14. The van der Waals surface area contributed by atoms with E-state index < -0.39 is 10.0 Å². The first-order valence-corrected chi connectivity index (χ1v) is 10.4. The fourth-order valence-corrected chi connectivity index (χ4v) is 4.24. The fourth-order valence-electron chi connectivity index (χ4n) is 3.19. The van der Waals surface area contributed by atoms with Crippen LogP contribution in [0, 0.1) is 0 Å². The number of carbonyl (C=O) groups is 1. The number of sulfonamides is 1. The molecule has 1 N–H and O–H groups in total. The molecule has 0 radical (unpaired) electrons. The van der Waals surface area contributed by atoms with Crippen molar-refractivity contribution in [2.75, 3.05) is 18.0 Å². The number of aromatic nitrogens is 2. The second-order valence-electron chi connectivity index (χ2n) is 6.38. The Morgan fingerprint density at radius 1 is 1.27 bits per heavy atom. The number of nitrogens with zero attached hydrogens (tertiary/aromatic N) is 3. The molecule has 1 atom stereocenters. The molecule has 0 aliphatic carbocycles. The van der Waals surface area contributed by atoms with Crippen LogP contribution in [0.3, 0.4) is 0 Å². The predicted molar refractivity (Wildman–Crippen MR) is 99.4 cm³/mol. The standard InChI is InChI=1S/C18H24N4O3S/c1-2-15(22-14-4-11-19-22)10-12-20-26(24,25)17-8-6-16(7-9-17)21-13-3-5-18(21)23/h4,6-9,11,14-15,20H,2-3,5,10,12-13H2,1H3. The molecule has 1 aliphatic rings. The topological polar surface area (TPSA) is 84.3 Å². The Hall–Kier alpha value is -2.19. The zero-order chi connectivity index (χ0) is 18.6. The molecule has 1 aromatic heterocycles. The van der Waals surface area contributed by atoms with Crippen LogP contribution in [0.15, 0.2) is 47.6 Å². The Balaban J connectivity index is 1.60. The normalized spacial score (nSPS) is 16.2. The van der Waals surface area contributed by atoms with Crippen molar-refractivity contribution in [1.29, 1.82) is 0 Å². The van der Waals surface area contributed by atoms with E-state index in [-0.39, 0.29) is 16.8 Å². The molecule has 3 rings (SSSR count). The van der Waals surface area contributed by atoms with Crippen LogP contribution in [-0.2, 0) is 14.8 Å². The van der Waals surface area contributed by atoms with Crippen LogP contribution in [0.25, 0.3) is 0 Å². The number of hydrogen-bond donors (Lipinski definition) is 1. The van der Waals surface area contributed by atoms with E-state index in [0.29, 0.717) is 25.9 Å². The maximum absolute atomic E-state index is 12.5. The molecule has 1 aromatic carbocycles. The minimum absolute atomic E-state index is 0.0861. The van der Waals surface area contributed by atoms with Gasteiger partial charge < -0.3 is 4.90 Å². The predicted octanol–water partition coefficient (Wildman–Crippen LogP) is 2.33. The number of nitrogens with one attached hydrogen (secondary N) is 1. The van der Waals surface area contributed by atoms with Crippen LogP contribution >= 0.6 is 0 Å². The lowest BCUT2D eigenvalue weighted by Gasteiger charge is -2.17. The van der Waals surface area contributed by atoms with Crippen LogP contribution in [0.4, 0.5) is 5.69 Å². The van der Waals surface area contributed by atoms with Gasteiger partial charge in [0.05, 0.1) is 10.9 Å². The quantitative estimate of drug-likeness (QED) is 0.766. The summed E-state index contributed by atoms with van der Waals surface area (Å²) in [5.41, 5.74) is 0.746. The summed E-state index contributed by atoms with van der Waals surface area (Å²) in [5.74, 6) is 0.0861. The Kier molecular flexibility index (Phi) is 5.73. The first kappa shape index (κ1) is 18.6. The van der Waals surface area contributed by atoms with Gasteiger partial charge in [-0.15, -0.1) is 0 Å². The molecule has 7 nitrogen and oxygen atoms in total. The summed E-state index contributed by atoms with van der Waals surface area (Å²) in [6, 6.07) is 8.50. The third-order valence-corrected chi connectivity index (χ3v) is 6.15. The van der Waals surface area contributed by atoms with Gasteiger partial charge in [-0.05, 0) is 49.6 Å². The summed E-state index contributed by atoms with van der Waals surface area (Å²) in [4.78, 5) is 13.7. The zero-order valence-corrected chi connectivity index (χ0v) is 15.7. The maximum Gasteiger partial charge on any atom is 0.240 e. The summed E-state index contributed by atoms with van der Waals surface area (Å²) in [7, 11) is -3.57. The number of rotatable bonds is 8. The van der Waals surface area contributed by atoms with Crippen molar-refractivity contribution in [3.8, 4) is 0 Å². The third-order valence-electron chi connectivity index (χ3n) is 4.67. The van der Waals surface area contributed by atoms with Crippen LogP contribution in [0.5, 0.6) is 0 Å². The molecule has 2 heterocycles. The minimum Gasteiger partial charge on any atom is -0.312 e. The van der Waals surface area contributed by atoms with Gasteiger partial charge in [0.2, 0.25) is 15.9 Å². The summed E-state index contributed by atoms with van der Waals surface area (Å²) >= 11 is 0. The van der Waals surface area contributed by atoms with Gasteiger partial charge in [-0.3, -0.25) is 9.48 Å². The molecule has 0 saturated carbocycles. The number of benzene rings is 1. The molecule has 2 aromatic rings.